The lowest BCUT2D eigenvalue weighted by Gasteiger charge is -2.20. The normalized spacial score (nSPS) is 21.0. The van der Waals surface area contributed by atoms with Gasteiger partial charge in [-0.1, -0.05) is 20.8 Å². The molecule has 0 bridgehead atoms. The number of nitrogens with zero attached hydrogens (tertiary/aromatic N) is 1. The summed E-state index contributed by atoms with van der Waals surface area (Å²) in [5.41, 5.74) is 0. The molecule has 4 heteroatoms. The average Bonchev–Trinajstić information content (AvgIpc) is 2.75. The fourth-order valence-corrected chi connectivity index (χ4v) is 2.62. The molecule has 0 spiro atoms. The van der Waals surface area contributed by atoms with Crippen molar-refractivity contribution in [2.75, 3.05) is 13.1 Å². The number of carbonyl (C=O) groups excluding carboxylic acids is 2. The molecular formula is C15H28N2O2. The summed E-state index contributed by atoms with van der Waals surface area (Å²) in [6.45, 7) is 11.5. The smallest absolute Gasteiger partial charge is 0.225 e. The third-order valence-corrected chi connectivity index (χ3v) is 3.66. The standard InChI is InChI=1S/C15H28N2O2/c1-10(2)15(19)17-7-6-13(9-17)8-12(5)14(18)16-11(3)4/h10-13H,6-9H2,1-5H3,(H,16,18). The maximum absolute atomic E-state index is 11.9. The van der Waals surface area contributed by atoms with Gasteiger partial charge < -0.3 is 10.2 Å². The van der Waals surface area contributed by atoms with E-state index in [1.165, 1.54) is 0 Å². The number of carbonyl (C=O) groups is 2. The van der Waals surface area contributed by atoms with Gasteiger partial charge in [-0.05, 0) is 32.6 Å². The van der Waals surface area contributed by atoms with E-state index in [-0.39, 0.29) is 29.7 Å². The summed E-state index contributed by atoms with van der Waals surface area (Å²) in [6.07, 6.45) is 1.90. The van der Waals surface area contributed by atoms with Crippen molar-refractivity contribution in [2.24, 2.45) is 17.8 Å². The molecule has 1 N–H and O–H groups in total. The zero-order valence-corrected chi connectivity index (χ0v) is 12.9. The van der Waals surface area contributed by atoms with Gasteiger partial charge in [-0.3, -0.25) is 9.59 Å². The highest BCUT2D eigenvalue weighted by atomic mass is 16.2. The van der Waals surface area contributed by atoms with Crippen molar-refractivity contribution in [3.05, 3.63) is 0 Å². The summed E-state index contributed by atoms with van der Waals surface area (Å²) in [4.78, 5) is 25.7. The van der Waals surface area contributed by atoms with E-state index in [0.717, 1.165) is 25.9 Å². The van der Waals surface area contributed by atoms with Crippen LogP contribution < -0.4 is 5.32 Å². The van der Waals surface area contributed by atoms with E-state index in [9.17, 15) is 9.59 Å². The summed E-state index contributed by atoms with van der Waals surface area (Å²) in [6, 6.07) is 0.192. The highest BCUT2D eigenvalue weighted by molar-refractivity contribution is 5.79. The molecule has 1 saturated heterocycles. The molecule has 0 aromatic carbocycles. The zero-order chi connectivity index (χ0) is 14.6. The van der Waals surface area contributed by atoms with Crippen LogP contribution in [0.1, 0.15) is 47.5 Å². The van der Waals surface area contributed by atoms with Gasteiger partial charge in [0.05, 0.1) is 0 Å². The first kappa shape index (κ1) is 16.0. The van der Waals surface area contributed by atoms with Gasteiger partial charge in [0, 0.05) is 31.0 Å². The van der Waals surface area contributed by atoms with Gasteiger partial charge in [0.2, 0.25) is 11.8 Å². The quantitative estimate of drug-likeness (QED) is 0.829. The molecule has 1 heterocycles. The molecule has 0 saturated carbocycles. The third kappa shape index (κ3) is 4.84. The first-order valence-electron chi connectivity index (χ1n) is 7.40. The summed E-state index contributed by atoms with van der Waals surface area (Å²) >= 11 is 0. The molecule has 0 aliphatic carbocycles. The van der Waals surface area contributed by atoms with Gasteiger partial charge >= 0.3 is 0 Å². The lowest BCUT2D eigenvalue weighted by molar-refractivity contribution is -0.133. The molecule has 2 amide bonds. The van der Waals surface area contributed by atoms with Crippen molar-refractivity contribution < 1.29 is 9.59 Å². The Hall–Kier alpha value is -1.06. The second-order valence-electron chi connectivity index (χ2n) is 6.39. The molecule has 0 radical (unpaired) electrons. The number of nitrogens with one attached hydrogen (secondary N) is 1. The van der Waals surface area contributed by atoms with Crippen LogP contribution in [0.15, 0.2) is 0 Å². The van der Waals surface area contributed by atoms with E-state index in [4.69, 9.17) is 0 Å². The van der Waals surface area contributed by atoms with Gasteiger partial charge in [-0.25, -0.2) is 0 Å². The van der Waals surface area contributed by atoms with Gasteiger partial charge in [0.15, 0.2) is 0 Å². The minimum absolute atomic E-state index is 0.0292. The van der Waals surface area contributed by atoms with Crippen molar-refractivity contribution in [1.82, 2.24) is 10.2 Å². The van der Waals surface area contributed by atoms with Crippen molar-refractivity contribution in [3.63, 3.8) is 0 Å². The number of hydrogen-bond donors (Lipinski definition) is 1. The zero-order valence-electron chi connectivity index (χ0n) is 12.9. The Balaban J connectivity index is 2.39. The van der Waals surface area contributed by atoms with Crippen LogP contribution in [0.2, 0.25) is 0 Å². The average molecular weight is 268 g/mol. The van der Waals surface area contributed by atoms with Gasteiger partial charge in [-0.2, -0.15) is 0 Å². The van der Waals surface area contributed by atoms with Gasteiger partial charge in [0.1, 0.15) is 0 Å². The number of amides is 2. The van der Waals surface area contributed by atoms with E-state index >= 15 is 0 Å². The third-order valence-electron chi connectivity index (χ3n) is 3.66. The van der Waals surface area contributed by atoms with Crippen molar-refractivity contribution in [2.45, 2.75) is 53.5 Å². The van der Waals surface area contributed by atoms with Crippen LogP contribution in [0.4, 0.5) is 0 Å². The molecule has 2 unspecified atom stereocenters. The van der Waals surface area contributed by atoms with Crippen LogP contribution in [0.5, 0.6) is 0 Å². The Bertz CT molecular complexity index is 326. The fraction of sp³-hybridized carbons (Fsp3) is 0.867. The van der Waals surface area contributed by atoms with Crippen molar-refractivity contribution >= 4 is 11.8 Å². The van der Waals surface area contributed by atoms with Crippen molar-refractivity contribution in [3.8, 4) is 0 Å². The summed E-state index contributed by atoms with van der Waals surface area (Å²) < 4.78 is 0. The molecule has 4 nitrogen and oxygen atoms in total. The molecule has 0 aromatic heterocycles. The predicted molar refractivity (Wildman–Crippen MR) is 76.6 cm³/mol. The van der Waals surface area contributed by atoms with E-state index in [1.807, 2.05) is 39.5 Å². The summed E-state index contributed by atoms with van der Waals surface area (Å²) in [7, 11) is 0. The second-order valence-corrected chi connectivity index (χ2v) is 6.39. The molecule has 1 fully saturated rings. The number of hydrogen-bond acceptors (Lipinski definition) is 2. The van der Waals surface area contributed by atoms with E-state index in [1.54, 1.807) is 0 Å². The maximum Gasteiger partial charge on any atom is 0.225 e. The van der Waals surface area contributed by atoms with E-state index < -0.39 is 0 Å². The molecule has 1 aliphatic heterocycles. The van der Waals surface area contributed by atoms with E-state index in [2.05, 4.69) is 5.32 Å². The van der Waals surface area contributed by atoms with Crippen molar-refractivity contribution in [1.29, 1.82) is 0 Å². The highest BCUT2D eigenvalue weighted by Gasteiger charge is 2.29. The Morgan fingerprint density at radius 2 is 1.84 bits per heavy atom. The maximum atomic E-state index is 11.9. The molecule has 1 rings (SSSR count). The summed E-state index contributed by atoms with van der Waals surface area (Å²) in [5, 5.41) is 2.95. The molecule has 2 atom stereocenters. The Morgan fingerprint density at radius 3 is 2.37 bits per heavy atom. The lowest BCUT2D eigenvalue weighted by Crippen LogP contribution is -2.36. The SMILES string of the molecule is CC(C)NC(=O)C(C)CC1CCN(C(=O)C(C)C)C1. The van der Waals surface area contributed by atoms with Crippen LogP contribution in [-0.4, -0.2) is 35.8 Å². The van der Waals surface area contributed by atoms with Gasteiger partial charge in [0.25, 0.3) is 0 Å². The number of rotatable bonds is 5. The molecule has 19 heavy (non-hydrogen) atoms. The molecule has 110 valence electrons. The molecule has 1 aliphatic rings. The highest BCUT2D eigenvalue weighted by Crippen LogP contribution is 2.24. The molecular weight excluding hydrogens is 240 g/mol. The fourth-order valence-electron chi connectivity index (χ4n) is 2.62. The minimum atomic E-state index is 0.0292. The first-order valence-corrected chi connectivity index (χ1v) is 7.40. The van der Waals surface area contributed by atoms with Crippen LogP contribution in [0.25, 0.3) is 0 Å². The van der Waals surface area contributed by atoms with Crippen LogP contribution in [-0.2, 0) is 9.59 Å². The number of likely N-dealkylation sites (tertiary alicyclic amines) is 1. The predicted octanol–water partition coefficient (Wildman–Crippen LogP) is 2.04. The van der Waals surface area contributed by atoms with Crippen LogP contribution >= 0.6 is 0 Å². The van der Waals surface area contributed by atoms with E-state index in [0.29, 0.717) is 5.92 Å². The summed E-state index contributed by atoms with van der Waals surface area (Å²) in [5.74, 6) is 0.933. The Morgan fingerprint density at radius 1 is 1.21 bits per heavy atom. The largest absolute Gasteiger partial charge is 0.354 e. The Kier molecular flexibility index (Phi) is 5.83. The van der Waals surface area contributed by atoms with Crippen LogP contribution in [0, 0.1) is 17.8 Å². The minimum Gasteiger partial charge on any atom is -0.354 e. The first-order chi connectivity index (χ1) is 8.81. The topological polar surface area (TPSA) is 49.4 Å². The molecule has 0 aromatic rings. The second kappa shape index (κ2) is 6.92. The lowest BCUT2D eigenvalue weighted by atomic mass is 9.94. The monoisotopic (exact) mass is 268 g/mol. The van der Waals surface area contributed by atoms with Gasteiger partial charge in [-0.15, -0.1) is 0 Å². The van der Waals surface area contributed by atoms with Crippen LogP contribution in [0.3, 0.4) is 0 Å². The Labute approximate surface area is 116 Å².